The average molecular weight is 237 g/mol. The molecule has 1 fully saturated rings. The molecular weight excluding hydrogens is 214 g/mol. The van der Waals surface area contributed by atoms with Gasteiger partial charge in [0, 0.05) is 6.42 Å². The molecule has 0 atom stereocenters. The van der Waals surface area contributed by atoms with Crippen LogP contribution in [0.1, 0.15) is 30.8 Å². The molecule has 4 heteroatoms. The Kier molecular flexibility index (Phi) is 5.01. The minimum Gasteiger partial charge on any atom is -0.449 e. The third-order valence-electron chi connectivity index (χ3n) is 3.38. The summed E-state index contributed by atoms with van der Waals surface area (Å²) >= 11 is 0. The lowest BCUT2D eigenvalue weighted by Gasteiger charge is -2.20. The van der Waals surface area contributed by atoms with Crippen LogP contribution in [-0.2, 0) is 12.8 Å². The van der Waals surface area contributed by atoms with Crippen molar-refractivity contribution in [3.63, 3.8) is 0 Å². The van der Waals surface area contributed by atoms with Gasteiger partial charge in [-0.2, -0.15) is 0 Å². The number of nitrogens with one attached hydrogen (secondary N) is 2. The van der Waals surface area contributed by atoms with Gasteiger partial charge in [-0.1, -0.05) is 0 Å². The largest absolute Gasteiger partial charge is 0.449 e. The molecule has 4 nitrogen and oxygen atoms in total. The van der Waals surface area contributed by atoms with Crippen LogP contribution in [-0.4, -0.2) is 31.7 Å². The van der Waals surface area contributed by atoms with E-state index in [0.29, 0.717) is 0 Å². The quantitative estimate of drug-likeness (QED) is 0.734. The maximum atomic E-state index is 5.55. The Bertz CT molecular complexity index is 318. The standard InChI is InChI=1S/C13H23N3O/c1-14-6-2-3-12-10-17-13(16-12)9-11-4-7-15-8-5-11/h10-11,14-15H,2-9H2,1H3. The number of rotatable bonds is 6. The summed E-state index contributed by atoms with van der Waals surface area (Å²) in [6.45, 7) is 3.32. The number of oxazole rings is 1. The second-order valence-corrected chi connectivity index (χ2v) is 4.84. The summed E-state index contributed by atoms with van der Waals surface area (Å²) in [5.41, 5.74) is 1.10. The van der Waals surface area contributed by atoms with E-state index >= 15 is 0 Å². The molecule has 1 aliphatic rings. The lowest BCUT2D eigenvalue weighted by Crippen LogP contribution is -2.28. The molecule has 1 aromatic heterocycles. The number of hydrogen-bond acceptors (Lipinski definition) is 4. The average Bonchev–Trinajstić information content (AvgIpc) is 2.79. The molecule has 2 heterocycles. The molecule has 0 saturated carbocycles. The zero-order valence-corrected chi connectivity index (χ0v) is 10.7. The molecule has 0 spiro atoms. The van der Waals surface area contributed by atoms with E-state index in [1.807, 2.05) is 13.3 Å². The van der Waals surface area contributed by atoms with Crippen LogP contribution >= 0.6 is 0 Å². The van der Waals surface area contributed by atoms with Crippen molar-refractivity contribution in [1.82, 2.24) is 15.6 Å². The van der Waals surface area contributed by atoms with Crippen LogP contribution in [0.2, 0.25) is 0 Å². The van der Waals surface area contributed by atoms with E-state index in [-0.39, 0.29) is 0 Å². The van der Waals surface area contributed by atoms with Gasteiger partial charge in [-0.15, -0.1) is 0 Å². The summed E-state index contributed by atoms with van der Waals surface area (Å²) in [5.74, 6) is 1.68. The maximum absolute atomic E-state index is 5.55. The molecule has 0 aliphatic carbocycles. The van der Waals surface area contributed by atoms with Gasteiger partial charge in [-0.3, -0.25) is 0 Å². The van der Waals surface area contributed by atoms with Crippen LogP contribution in [0.5, 0.6) is 0 Å². The van der Waals surface area contributed by atoms with Crippen LogP contribution in [0, 0.1) is 5.92 Å². The second-order valence-electron chi connectivity index (χ2n) is 4.84. The van der Waals surface area contributed by atoms with Gasteiger partial charge in [0.1, 0.15) is 6.26 Å². The first-order valence-corrected chi connectivity index (χ1v) is 6.67. The van der Waals surface area contributed by atoms with Crippen LogP contribution in [0.4, 0.5) is 0 Å². The molecule has 96 valence electrons. The monoisotopic (exact) mass is 237 g/mol. The van der Waals surface area contributed by atoms with Gasteiger partial charge in [0.25, 0.3) is 0 Å². The van der Waals surface area contributed by atoms with E-state index in [9.17, 15) is 0 Å². The Morgan fingerprint density at radius 1 is 1.47 bits per heavy atom. The van der Waals surface area contributed by atoms with E-state index in [1.54, 1.807) is 0 Å². The zero-order valence-electron chi connectivity index (χ0n) is 10.7. The predicted octanol–water partition coefficient (Wildman–Crippen LogP) is 1.37. The van der Waals surface area contributed by atoms with Crippen LogP contribution in [0.15, 0.2) is 10.7 Å². The molecule has 0 bridgehead atoms. The maximum Gasteiger partial charge on any atom is 0.194 e. The smallest absolute Gasteiger partial charge is 0.194 e. The Morgan fingerprint density at radius 2 is 2.29 bits per heavy atom. The number of aromatic nitrogens is 1. The highest BCUT2D eigenvalue weighted by Crippen LogP contribution is 2.17. The van der Waals surface area contributed by atoms with Gasteiger partial charge < -0.3 is 15.1 Å². The van der Waals surface area contributed by atoms with E-state index in [4.69, 9.17) is 4.42 Å². The van der Waals surface area contributed by atoms with Crippen molar-refractivity contribution in [1.29, 1.82) is 0 Å². The molecule has 1 aromatic rings. The van der Waals surface area contributed by atoms with Crippen molar-refractivity contribution in [2.75, 3.05) is 26.7 Å². The van der Waals surface area contributed by atoms with Gasteiger partial charge in [-0.05, 0) is 58.3 Å². The van der Waals surface area contributed by atoms with Crippen molar-refractivity contribution in [2.45, 2.75) is 32.1 Å². The lowest BCUT2D eigenvalue weighted by atomic mass is 9.95. The molecule has 0 amide bonds. The third-order valence-corrected chi connectivity index (χ3v) is 3.38. The first-order chi connectivity index (χ1) is 8.38. The summed E-state index contributed by atoms with van der Waals surface area (Å²) in [6, 6.07) is 0. The molecule has 1 saturated heterocycles. The first kappa shape index (κ1) is 12.6. The summed E-state index contributed by atoms with van der Waals surface area (Å²) in [7, 11) is 1.98. The molecule has 2 rings (SSSR count). The van der Waals surface area contributed by atoms with Crippen molar-refractivity contribution in [3.8, 4) is 0 Å². The highest BCUT2D eigenvalue weighted by molar-refractivity contribution is 4.98. The fourth-order valence-electron chi connectivity index (χ4n) is 2.34. The highest BCUT2D eigenvalue weighted by atomic mass is 16.3. The number of nitrogens with zero attached hydrogens (tertiary/aromatic N) is 1. The van der Waals surface area contributed by atoms with Crippen molar-refractivity contribution < 1.29 is 4.42 Å². The van der Waals surface area contributed by atoms with E-state index < -0.39 is 0 Å². The molecule has 0 aromatic carbocycles. The number of piperidine rings is 1. The molecule has 0 radical (unpaired) electrons. The minimum absolute atomic E-state index is 0.750. The summed E-state index contributed by atoms with van der Waals surface area (Å²) < 4.78 is 5.55. The second kappa shape index (κ2) is 6.77. The minimum atomic E-state index is 0.750. The fraction of sp³-hybridized carbons (Fsp3) is 0.769. The van der Waals surface area contributed by atoms with Crippen LogP contribution in [0.3, 0.4) is 0 Å². The Labute approximate surface area is 103 Å². The van der Waals surface area contributed by atoms with Gasteiger partial charge in [0.05, 0.1) is 5.69 Å². The SMILES string of the molecule is CNCCCc1coc(CC2CCNCC2)n1. The van der Waals surface area contributed by atoms with Gasteiger partial charge in [-0.25, -0.2) is 4.98 Å². The van der Waals surface area contributed by atoms with Crippen LogP contribution < -0.4 is 10.6 Å². The molecule has 2 N–H and O–H groups in total. The van der Waals surface area contributed by atoms with Crippen LogP contribution in [0.25, 0.3) is 0 Å². The van der Waals surface area contributed by atoms with Gasteiger partial charge >= 0.3 is 0 Å². The lowest BCUT2D eigenvalue weighted by molar-refractivity contribution is 0.341. The van der Waals surface area contributed by atoms with Crippen molar-refractivity contribution >= 4 is 0 Å². The van der Waals surface area contributed by atoms with Gasteiger partial charge in [0.2, 0.25) is 0 Å². The molecule has 17 heavy (non-hydrogen) atoms. The van der Waals surface area contributed by atoms with E-state index in [1.165, 1.54) is 12.8 Å². The normalized spacial score (nSPS) is 17.5. The Hall–Kier alpha value is -0.870. The molecular formula is C13H23N3O. The molecule has 0 unspecified atom stereocenters. The Balaban J connectivity index is 1.76. The summed E-state index contributed by atoms with van der Waals surface area (Å²) in [4.78, 5) is 4.56. The zero-order chi connectivity index (χ0) is 11.9. The van der Waals surface area contributed by atoms with Crippen molar-refractivity contribution in [2.24, 2.45) is 5.92 Å². The van der Waals surface area contributed by atoms with Gasteiger partial charge in [0.15, 0.2) is 5.89 Å². The van der Waals surface area contributed by atoms with Crippen molar-refractivity contribution in [3.05, 3.63) is 17.8 Å². The van der Waals surface area contributed by atoms with E-state index in [2.05, 4.69) is 15.6 Å². The number of aryl methyl sites for hydroxylation is 1. The first-order valence-electron chi connectivity index (χ1n) is 6.67. The predicted molar refractivity (Wildman–Crippen MR) is 68.0 cm³/mol. The number of hydrogen-bond donors (Lipinski definition) is 2. The van der Waals surface area contributed by atoms with E-state index in [0.717, 1.165) is 56.4 Å². The third kappa shape index (κ3) is 4.13. The summed E-state index contributed by atoms with van der Waals surface area (Å²) in [5, 5.41) is 6.53. The molecule has 1 aliphatic heterocycles. The highest BCUT2D eigenvalue weighted by Gasteiger charge is 2.16. The fourth-order valence-corrected chi connectivity index (χ4v) is 2.34. The topological polar surface area (TPSA) is 50.1 Å². The summed E-state index contributed by atoms with van der Waals surface area (Å²) in [6.07, 6.45) is 7.46. The Morgan fingerprint density at radius 3 is 3.06 bits per heavy atom.